The Morgan fingerprint density at radius 3 is 2.81 bits per heavy atom. The number of hydrogen-bond acceptors (Lipinski definition) is 8. The first-order chi connectivity index (χ1) is 15.7. The van der Waals surface area contributed by atoms with E-state index in [2.05, 4.69) is 60.6 Å². The number of nitrogens with one attached hydrogen (secondary N) is 2. The zero-order chi connectivity index (χ0) is 21.9. The lowest BCUT2D eigenvalue weighted by Crippen LogP contribution is -2.47. The molecule has 0 radical (unpaired) electrons. The largest absolute Gasteiger partial charge is 0.383 e. The van der Waals surface area contributed by atoms with Crippen molar-refractivity contribution in [1.29, 1.82) is 0 Å². The third-order valence-corrected chi connectivity index (χ3v) is 6.79. The fourth-order valence-electron chi connectivity index (χ4n) is 4.03. The van der Waals surface area contributed by atoms with E-state index in [1.54, 1.807) is 18.4 Å². The molecule has 1 aliphatic heterocycles. The van der Waals surface area contributed by atoms with E-state index in [0.717, 1.165) is 77.3 Å². The maximum absolute atomic E-state index is 5.20. The molecule has 4 heterocycles. The molecule has 8 nitrogen and oxygen atoms in total. The zero-order valence-electron chi connectivity index (χ0n) is 18.3. The van der Waals surface area contributed by atoms with Gasteiger partial charge in [0.25, 0.3) is 0 Å². The SMILES string of the molecule is COCCN1CCN(c2ccnc(Nc3nc4ccc(-c5cn[nH]c5C)cc4s3)c2)CC1. The number of aromatic amines is 1. The number of nitrogens with zero attached hydrogens (tertiary/aromatic N) is 5. The highest BCUT2D eigenvalue weighted by molar-refractivity contribution is 7.22. The molecule has 9 heteroatoms. The summed E-state index contributed by atoms with van der Waals surface area (Å²) < 4.78 is 6.33. The number of H-pyrrole nitrogens is 1. The molecule has 3 aromatic heterocycles. The maximum atomic E-state index is 5.20. The minimum Gasteiger partial charge on any atom is -0.383 e. The van der Waals surface area contributed by atoms with E-state index < -0.39 is 0 Å². The van der Waals surface area contributed by atoms with Crippen LogP contribution in [0.25, 0.3) is 21.3 Å². The Kier molecular flexibility index (Phi) is 6.02. The predicted octanol–water partition coefficient (Wildman–Crippen LogP) is 3.90. The number of ether oxygens (including phenoxy) is 1. The van der Waals surface area contributed by atoms with Gasteiger partial charge in [0.1, 0.15) is 5.82 Å². The molecule has 4 aromatic rings. The summed E-state index contributed by atoms with van der Waals surface area (Å²) in [5.74, 6) is 0.814. The van der Waals surface area contributed by atoms with Gasteiger partial charge in [0.15, 0.2) is 5.13 Å². The Morgan fingerprint density at radius 1 is 1.16 bits per heavy atom. The Balaban J connectivity index is 1.29. The van der Waals surface area contributed by atoms with Gasteiger partial charge in [-0.2, -0.15) is 5.10 Å². The van der Waals surface area contributed by atoms with E-state index in [0.29, 0.717) is 0 Å². The molecule has 0 aliphatic carbocycles. The maximum Gasteiger partial charge on any atom is 0.189 e. The number of rotatable bonds is 7. The van der Waals surface area contributed by atoms with E-state index in [9.17, 15) is 0 Å². The lowest BCUT2D eigenvalue weighted by molar-refractivity contribution is 0.144. The van der Waals surface area contributed by atoms with Crippen LogP contribution in [0.2, 0.25) is 0 Å². The first-order valence-electron chi connectivity index (χ1n) is 10.8. The third-order valence-electron chi connectivity index (χ3n) is 5.86. The number of anilines is 3. The molecular weight excluding hydrogens is 422 g/mol. The van der Waals surface area contributed by atoms with Crippen molar-refractivity contribution in [2.45, 2.75) is 6.92 Å². The van der Waals surface area contributed by atoms with Crippen LogP contribution < -0.4 is 10.2 Å². The van der Waals surface area contributed by atoms with E-state index in [1.165, 1.54) is 5.69 Å². The second-order valence-electron chi connectivity index (χ2n) is 7.96. The van der Waals surface area contributed by atoms with E-state index in [4.69, 9.17) is 9.72 Å². The van der Waals surface area contributed by atoms with Crippen LogP contribution in [0.4, 0.5) is 16.6 Å². The summed E-state index contributed by atoms with van der Waals surface area (Å²) in [6, 6.07) is 10.5. The molecule has 32 heavy (non-hydrogen) atoms. The second kappa shape index (κ2) is 9.23. The van der Waals surface area contributed by atoms with Crippen molar-refractivity contribution in [3.8, 4) is 11.1 Å². The van der Waals surface area contributed by atoms with Gasteiger partial charge in [-0.1, -0.05) is 17.4 Å². The summed E-state index contributed by atoms with van der Waals surface area (Å²) in [4.78, 5) is 14.1. The van der Waals surface area contributed by atoms with Gasteiger partial charge in [-0.3, -0.25) is 10.00 Å². The van der Waals surface area contributed by atoms with Gasteiger partial charge in [0.05, 0.1) is 23.0 Å². The summed E-state index contributed by atoms with van der Waals surface area (Å²) in [6.45, 7) is 7.91. The van der Waals surface area contributed by atoms with E-state index in [1.807, 2.05) is 19.3 Å². The van der Waals surface area contributed by atoms with Crippen molar-refractivity contribution in [2.24, 2.45) is 0 Å². The van der Waals surface area contributed by atoms with Crippen LogP contribution in [0, 0.1) is 6.92 Å². The monoisotopic (exact) mass is 449 g/mol. The minimum atomic E-state index is 0.786. The van der Waals surface area contributed by atoms with Crippen molar-refractivity contribution in [3.05, 3.63) is 48.4 Å². The number of methoxy groups -OCH3 is 1. The number of hydrogen-bond donors (Lipinski definition) is 2. The molecule has 1 aromatic carbocycles. The number of aryl methyl sites for hydroxylation is 1. The Morgan fingerprint density at radius 2 is 2.03 bits per heavy atom. The van der Waals surface area contributed by atoms with Gasteiger partial charge in [-0.15, -0.1) is 0 Å². The highest BCUT2D eigenvalue weighted by atomic mass is 32.1. The summed E-state index contributed by atoms with van der Waals surface area (Å²) in [5, 5.41) is 11.4. The molecule has 166 valence electrons. The van der Waals surface area contributed by atoms with Gasteiger partial charge in [0, 0.05) is 69.0 Å². The molecule has 1 fully saturated rings. The average molecular weight is 450 g/mol. The van der Waals surface area contributed by atoms with E-state index in [-0.39, 0.29) is 0 Å². The zero-order valence-corrected chi connectivity index (χ0v) is 19.2. The summed E-state index contributed by atoms with van der Waals surface area (Å²) in [6.07, 6.45) is 3.73. The number of thiazole rings is 1. The smallest absolute Gasteiger partial charge is 0.189 e. The first kappa shape index (κ1) is 20.9. The van der Waals surface area contributed by atoms with Crippen molar-refractivity contribution < 1.29 is 4.74 Å². The topological polar surface area (TPSA) is 82.2 Å². The summed E-state index contributed by atoms with van der Waals surface area (Å²) in [5.41, 5.74) is 5.49. The third kappa shape index (κ3) is 4.45. The molecule has 0 atom stereocenters. The van der Waals surface area contributed by atoms with Gasteiger partial charge in [0.2, 0.25) is 0 Å². The predicted molar refractivity (Wildman–Crippen MR) is 130 cm³/mol. The number of piperazine rings is 1. The number of fused-ring (bicyclic) bond motifs is 1. The lowest BCUT2D eigenvalue weighted by Gasteiger charge is -2.36. The van der Waals surface area contributed by atoms with Crippen LogP contribution in [0.1, 0.15) is 5.69 Å². The average Bonchev–Trinajstić information content (AvgIpc) is 3.43. The Labute approximate surface area is 191 Å². The van der Waals surface area contributed by atoms with Crippen molar-refractivity contribution >= 4 is 38.2 Å². The van der Waals surface area contributed by atoms with Crippen LogP contribution >= 0.6 is 11.3 Å². The van der Waals surface area contributed by atoms with Gasteiger partial charge < -0.3 is 15.0 Å². The molecule has 0 spiro atoms. The van der Waals surface area contributed by atoms with Crippen LogP contribution in [0.5, 0.6) is 0 Å². The first-order valence-corrected chi connectivity index (χ1v) is 11.6. The number of benzene rings is 1. The molecule has 0 bridgehead atoms. The summed E-state index contributed by atoms with van der Waals surface area (Å²) >= 11 is 1.63. The molecule has 0 saturated carbocycles. The van der Waals surface area contributed by atoms with Crippen molar-refractivity contribution in [3.63, 3.8) is 0 Å². The van der Waals surface area contributed by atoms with Crippen LogP contribution in [0.15, 0.2) is 42.7 Å². The Bertz CT molecular complexity index is 1200. The quantitative estimate of drug-likeness (QED) is 0.443. The summed E-state index contributed by atoms with van der Waals surface area (Å²) in [7, 11) is 1.76. The normalized spacial score (nSPS) is 14.9. The van der Waals surface area contributed by atoms with Crippen LogP contribution in [-0.2, 0) is 4.74 Å². The van der Waals surface area contributed by atoms with Crippen molar-refractivity contribution in [2.75, 3.05) is 56.7 Å². The van der Waals surface area contributed by atoms with Crippen molar-refractivity contribution in [1.82, 2.24) is 25.1 Å². The molecule has 0 unspecified atom stereocenters. The molecule has 1 aliphatic rings. The second-order valence-corrected chi connectivity index (χ2v) is 8.99. The number of aromatic nitrogens is 4. The fraction of sp³-hybridized carbons (Fsp3) is 0.348. The van der Waals surface area contributed by atoms with Gasteiger partial charge >= 0.3 is 0 Å². The van der Waals surface area contributed by atoms with Gasteiger partial charge in [-0.25, -0.2) is 9.97 Å². The van der Waals surface area contributed by atoms with Crippen LogP contribution in [0.3, 0.4) is 0 Å². The molecule has 2 N–H and O–H groups in total. The lowest BCUT2D eigenvalue weighted by atomic mass is 10.1. The van der Waals surface area contributed by atoms with E-state index >= 15 is 0 Å². The fourth-order valence-corrected chi connectivity index (χ4v) is 4.94. The minimum absolute atomic E-state index is 0.786. The number of pyridine rings is 1. The standard InChI is InChI=1S/C23H27N7OS/c1-16-19(15-25-28-16)17-3-4-20-21(13-17)32-23(26-20)27-22-14-18(5-6-24-22)30-9-7-29(8-10-30)11-12-31-2/h3-6,13-15H,7-12H2,1-2H3,(H,25,28)(H,24,26,27). The molecule has 1 saturated heterocycles. The highest BCUT2D eigenvalue weighted by Gasteiger charge is 2.17. The molecule has 5 rings (SSSR count). The highest BCUT2D eigenvalue weighted by Crippen LogP contribution is 2.32. The molecule has 0 amide bonds. The van der Waals surface area contributed by atoms with Gasteiger partial charge in [-0.05, 0) is 30.7 Å². The molecular formula is C23H27N7OS. The van der Waals surface area contributed by atoms with Crippen LogP contribution in [-0.4, -0.2) is 71.5 Å². The Hall–Kier alpha value is -3.01.